The molecule has 1 heterocycles. The van der Waals surface area contributed by atoms with Gasteiger partial charge in [0.2, 0.25) is 5.91 Å². The van der Waals surface area contributed by atoms with E-state index in [2.05, 4.69) is 5.32 Å². The fraction of sp³-hybridized carbons (Fsp3) is 0.417. The number of likely N-dealkylation sites (tertiary alicyclic amines) is 1. The van der Waals surface area contributed by atoms with Crippen molar-refractivity contribution in [1.29, 1.82) is 0 Å². The average Bonchev–Trinajstić information content (AvgIpc) is 2.39. The molecule has 1 atom stereocenters. The Morgan fingerprint density at radius 3 is 2.75 bits per heavy atom. The number of benzene rings is 1. The molecule has 6 nitrogen and oxygen atoms in total. The summed E-state index contributed by atoms with van der Waals surface area (Å²) in [5.41, 5.74) is -0.994. The molecule has 0 aliphatic carbocycles. The molecule has 0 spiro atoms. The van der Waals surface area contributed by atoms with Crippen LogP contribution in [0.25, 0.3) is 0 Å². The Hall–Kier alpha value is -2.25. The SMILES string of the molecule is CN1CC(Nc2c([N+](=O)[O-])ccc(F)c2F)CCC1=O. The number of rotatable bonds is 3. The maximum atomic E-state index is 13.7. The van der Waals surface area contributed by atoms with Crippen molar-refractivity contribution in [3.63, 3.8) is 0 Å². The second kappa shape index (κ2) is 5.40. The van der Waals surface area contributed by atoms with Crippen LogP contribution in [-0.4, -0.2) is 35.4 Å². The van der Waals surface area contributed by atoms with Crippen molar-refractivity contribution >= 4 is 17.3 Å². The van der Waals surface area contributed by atoms with Gasteiger partial charge in [-0.3, -0.25) is 14.9 Å². The highest BCUT2D eigenvalue weighted by atomic mass is 19.2. The lowest BCUT2D eigenvalue weighted by atomic mass is 10.0. The molecule has 1 amide bonds. The Morgan fingerprint density at radius 2 is 2.15 bits per heavy atom. The van der Waals surface area contributed by atoms with Gasteiger partial charge in [0, 0.05) is 32.1 Å². The molecule has 1 aromatic carbocycles. The van der Waals surface area contributed by atoms with Crippen molar-refractivity contribution in [3.8, 4) is 0 Å². The molecule has 2 rings (SSSR count). The number of anilines is 1. The summed E-state index contributed by atoms with van der Waals surface area (Å²) in [6.45, 7) is 0.284. The van der Waals surface area contributed by atoms with Crippen LogP contribution in [-0.2, 0) is 4.79 Å². The molecule has 1 N–H and O–H groups in total. The predicted molar refractivity (Wildman–Crippen MR) is 67.3 cm³/mol. The first-order chi connectivity index (χ1) is 9.40. The number of likely N-dealkylation sites (N-methyl/N-ethyl adjacent to an activating group) is 1. The van der Waals surface area contributed by atoms with E-state index in [1.165, 1.54) is 4.90 Å². The molecule has 1 aliphatic rings. The molecule has 1 aliphatic heterocycles. The number of nitro groups is 1. The van der Waals surface area contributed by atoms with Crippen molar-refractivity contribution in [2.45, 2.75) is 18.9 Å². The summed E-state index contributed by atoms with van der Waals surface area (Å²) in [5, 5.41) is 13.5. The standard InChI is InChI=1S/C12H13F2N3O3/c1-16-6-7(2-5-10(16)18)15-12-9(17(19)20)4-3-8(13)11(12)14/h3-4,7,15H,2,5-6H2,1H3. The van der Waals surface area contributed by atoms with Gasteiger partial charge in [-0.15, -0.1) is 0 Å². The summed E-state index contributed by atoms with van der Waals surface area (Å²) in [5.74, 6) is -2.48. The lowest BCUT2D eigenvalue weighted by Crippen LogP contribution is -2.43. The minimum absolute atomic E-state index is 0.0442. The normalized spacial score (nSPS) is 19.1. The monoisotopic (exact) mass is 285 g/mol. The van der Waals surface area contributed by atoms with Crippen molar-refractivity contribution in [2.75, 3.05) is 18.9 Å². The zero-order valence-electron chi connectivity index (χ0n) is 10.7. The first-order valence-corrected chi connectivity index (χ1v) is 6.03. The molecule has 1 fully saturated rings. The molecule has 108 valence electrons. The number of nitrogens with one attached hydrogen (secondary N) is 1. The van der Waals surface area contributed by atoms with E-state index in [0.717, 1.165) is 12.1 Å². The van der Waals surface area contributed by atoms with Crippen LogP contribution in [0.5, 0.6) is 0 Å². The van der Waals surface area contributed by atoms with Gasteiger partial charge in [0.1, 0.15) is 0 Å². The maximum Gasteiger partial charge on any atom is 0.295 e. The zero-order chi connectivity index (χ0) is 14.9. The summed E-state index contributed by atoms with van der Waals surface area (Å²) in [4.78, 5) is 22.9. The molecule has 0 aromatic heterocycles. The first kappa shape index (κ1) is 14.2. The summed E-state index contributed by atoms with van der Waals surface area (Å²) in [7, 11) is 1.59. The van der Waals surface area contributed by atoms with Crippen LogP contribution in [0.1, 0.15) is 12.8 Å². The number of hydrogen-bond donors (Lipinski definition) is 1. The van der Waals surface area contributed by atoms with Crippen LogP contribution in [0.15, 0.2) is 12.1 Å². The second-order valence-electron chi connectivity index (χ2n) is 4.67. The molecule has 8 heteroatoms. The number of nitro benzene ring substituents is 1. The maximum absolute atomic E-state index is 13.7. The van der Waals surface area contributed by atoms with Gasteiger partial charge in [0.05, 0.1) is 4.92 Å². The number of carbonyl (C=O) groups excluding carboxylic acids is 1. The third kappa shape index (κ3) is 2.68. The van der Waals surface area contributed by atoms with E-state index in [0.29, 0.717) is 6.42 Å². The van der Waals surface area contributed by atoms with Gasteiger partial charge in [0.15, 0.2) is 17.3 Å². The Balaban J connectivity index is 2.26. The number of carbonyl (C=O) groups is 1. The highest BCUT2D eigenvalue weighted by Gasteiger charge is 2.28. The first-order valence-electron chi connectivity index (χ1n) is 6.03. The molecule has 1 unspecified atom stereocenters. The summed E-state index contributed by atoms with van der Waals surface area (Å²) in [6, 6.07) is 1.28. The fourth-order valence-corrected chi connectivity index (χ4v) is 2.16. The predicted octanol–water partition coefficient (Wildman–Crippen LogP) is 1.91. The van der Waals surface area contributed by atoms with Crippen molar-refractivity contribution in [1.82, 2.24) is 4.90 Å². The summed E-state index contributed by atoms with van der Waals surface area (Å²) in [6.07, 6.45) is 0.676. The van der Waals surface area contributed by atoms with Gasteiger partial charge in [-0.25, -0.2) is 8.78 Å². The minimum Gasteiger partial charge on any atom is -0.372 e. The van der Waals surface area contributed by atoms with E-state index in [-0.39, 0.29) is 24.9 Å². The number of piperidine rings is 1. The molecular formula is C12H13F2N3O3. The molecule has 0 bridgehead atoms. The van der Waals surface area contributed by atoms with Crippen molar-refractivity contribution in [3.05, 3.63) is 33.9 Å². The third-order valence-corrected chi connectivity index (χ3v) is 3.24. The van der Waals surface area contributed by atoms with E-state index in [9.17, 15) is 23.7 Å². The molecule has 1 aromatic rings. The lowest BCUT2D eigenvalue weighted by molar-refractivity contribution is -0.384. The molecule has 0 saturated carbocycles. The van der Waals surface area contributed by atoms with Crippen LogP contribution in [0.4, 0.5) is 20.2 Å². The lowest BCUT2D eigenvalue weighted by Gasteiger charge is -2.30. The van der Waals surface area contributed by atoms with Crippen LogP contribution in [0.3, 0.4) is 0 Å². The fourth-order valence-electron chi connectivity index (χ4n) is 2.16. The molecular weight excluding hydrogens is 272 g/mol. The van der Waals surface area contributed by atoms with Crippen LogP contribution < -0.4 is 5.32 Å². The molecule has 0 radical (unpaired) electrons. The van der Waals surface area contributed by atoms with E-state index in [1.807, 2.05) is 0 Å². The van der Waals surface area contributed by atoms with E-state index in [1.54, 1.807) is 7.05 Å². The van der Waals surface area contributed by atoms with Gasteiger partial charge in [-0.1, -0.05) is 0 Å². The Kier molecular flexibility index (Phi) is 3.82. The Labute approximate surface area is 113 Å². The smallest absolute Gasteiger partial charge is 0.295 e. The van der Waals surface area contributed by atoms with E-state index >= 15 is 0 Å². The van der Waals surface area contributed by atoms with Crippen LogP contribution in [0, 0.1) is 21.7 Å². The summed E-state index contributed by atoms with van der Waals surface area (Å²) < 4.78 is 26.9. The number of nitrogens with zero attached hydrogens (tertiary/aromatic N) is 2. The molecule has 20 heavy (non-hydrogen) atoms. The van der Waals surface area contributed by atoms with Gasteiger partial charge >= 0.3 is 0 Å². The quantitative estimate of drug-likeness (QED) is 0.680. The Bertz CT molecular complexity index is 565. The van der Waals surface area contributed by atoms with Crippen LogP contribution >= 0.6 is 0 Å². The van der Waals surface area contributed by atoms with Gasteiger partial charge in [0.25, 0.3) is 5.69 Å². The second-order valence-corrected chi connectivity index (χ2v) is 4.67. The highest BCUT2D eigenvalue weighted by Crippen LogP contribution is 2.30. The highest BCUT2D eigenvalue weighted by molar-refractivity contribution is 5.77. The van der Waals surface area contributed by atoms with Gasteiger partial charge < -0.3 is 10.2 Å². The largest absolute Gasteiger partial charge is 0.372 e. The van der Waals surface area contributed by atoms with Crippen LogP contribution in [0.2, 0.25) is 0 Å². The third-order valence-electron chi connectivity index (χ3n) is 3.24. The number of halogens is 2. The minimum atomic E-state index is -1.28. The van der Waals surface area contributed by atoms with E-state index < -0.39 is 27.9 Å². The molecule has 1 saturated heterocycles. The van der Waals surface area contributed by atoms with Gasteiger partial charge in [-0.2, -0.15) is 0 Å². The summed E-state index contributed by atoms with van der Waals surface area (Å²) >= 11 is 0. The topological polar surface area (TPSA) is 75.5 Å². The van der Waals surface area contributed by atoms with Gasteiger partial charge in [-0.05, 0) is 12.5 Å². The number of hydrogen-bond acceptors (Lipinski definition) is 4. The number of amides is 1. The van der Waals surface area contributed by atoms with E-state index in [4.69, 9.17) is 0 Å². The average molecular weight is 285 g/mol. The van der Waals surface area contributed by atoms with Crippen molar-refractivity contribution in [2.24, 2.45) is 0 Å². The Morgan fingerprint density at radius 1 is 1.45 bits per heavy atom. The zero-order valence-corrected chi connectivity index (χ0v) is 10.7. The van der Waals surface area contributed by atoms with Crippen molar-refractivity contribution < 1.29 is 18.5 Å².